The number of carbonyl (C=O) groups is 1. The SMILES string of the molecule is CCC(N)(CC)CNC(=O)C(C)N1CCCCCC1. The van der Waals surface area contributed by atoms with Crippen LogP contribution in [0.1, 0.15) is 59.3 Å². The molecule has 0 spiro atoms. The summed E-state index contributed by atoms with van der Waals surface area (Å²) in [6, 6.07) is -0.0314. The van der Waals surface area contributed by atoms with Crippen LogP contribution in [0.2, 0.25) is 0 Å². The number of hydrogen-bond donors (Lipinski definition) is 2. The molecule has 1 heterocycles. The number of nitrogens with zero attached hydrogens (tertiary/aromatic N) is 1. The number of rotatable bonds is 6. The van der Waals surface area contributed by atoms with Crippen LogP contribution in [0.25, 0.3) is 0 Å². The lowest BCUT2D eigenvalue weighted by Gasteiger charge is -2.30. The van der Waals surface area contributed by atoms with E-state index < -0.39 is 0 Å². The first-order valence-electron chi connectivity index (χ1n) is 7.83. The summed E-state index contributed by atoms with van der Waals surface area (Å²) in [5, 5.41) is 3.04. The third kappa shape index (κ3) is 5.11. The predicted octanol–water partition coefficient (Wildman–Crippen LogP) is 1.88. The summed E-state index contributed by atoms with van der Waals surface area (Å²) < 4.78 is 0. The van der Waals surface area contributed by atoms with Gasteiger partial charge in [-0.1, -0.05) is 26.7 Å². The van der Waals surface area contributed by atoms with Gasteiger partial charge in [-0.25, -0.2) is 0 Å². The fourth-order valence-corrected chi connectivity index (χ4v) is 2.56. The minimum atomic E-state index is -0.256. The second-order valence-electron chi connectivity index (χ2n) is 5.91. The predicted molar refractivity (Wildman–Crippen MR) is 80.0 cm³/mol. The van der Waals surface area contributed by atoms with Gasteiger partial charge in [0.2, 0.25) is 5.91 Å². The molecular weight excluding hydrogens is 238 g/mol. The van der Waals surface area contributed by atoms with Crippen LogP contribution in [0.4, 0.5) is 0 Å². The molecule has 1 atom stereocenters. The van der Waals surface area contributed by atoms with Gasteiger partial charge in [0.1, 0.15) is 0 Å². The Hall–Kier alpha value is -0.610. The highest BCUT2D eigenvalue weighted by Crippen LogP contribution is 2.13. The van der Waals surface area contributed by atoms with E-state index in [4.69, 9.17) is 5.73 Å². The monoisotopic (exact) mass is 269 g/mol. The highest BCUT2D eigenvalue weighted by molar-refractivity contribution is 5.81. The minimum Gasteiger partial charge on any atom is -0.353 e. The Kier molecular flexibility index (Phi) is 6.80. The van der Waals surface area contributed by atoms with Crippen LogP contribution >= 0.6 is 0 Å². The number of hydrogen-bond acceptors (Lipinski definition) is 3. The zero-order chi connectivity index (χ0) is 14.3. The van der Waals surface area contributed by atoms with E-state index >= 15 is 0 Å². The Morgan fingerprint density at radius 2 is 1.74 bits per heavy atom. The van der Waals surface area contributed by atoms with Crippen LogP contribution in [0, 0.1) is 0 Å². The van der Waals surface area contributed by atoms with Crippen molar-refractivity contribution in [1.29, 1.82) is 0 Å². The molecule has 4 heteroatoms. The van der Waals surface area contributed by atoms with E-state index in [0.29, 0.717) is 6.54 Å². The Morgan fingerprint density at radius 3 is 2.21 bits per heavy atom. The summed E-state index contributed by atoms with van der Waals surface area (Å²) in [7, 11) is 0. The summed E-state index contributed by atoms with van der Waals surface area (Å²) in [4.78, 5) is 14.5. The van der Waals surface area contributed by atoms with E-state index in [1.807, 2.05) is 6.92 Å². The van der Waals surface area contributed by atoms with Gasteiger partial charge in [-0.2, -0.15) is 0 Å². The van der Waals surface area contributed by atoms with Gasteiger partial charge in [-0.15, -0.1) is 0 Å². The molecule has 0 radical (unpaired) electrons. The average molecular weight is 269 g/mol. The van der Waals surface area contributed by atoms with E-state index in [1.165, 1.54) is 25.7 Å². The van der Waals surface area contributed by atoms with Crippen LogP contribution in [-0.2, 0) is 4.79 Å². The van der Waals surface area contributed by atoms with Gasteiger partial charge in [0.05, 0.1) is 6.04 Å². The lowest BCUT2D eigenvalue weighted by molar-refractivity contribution is -0.126. The summed E-state index contributed by atoms with van der Waals surface area (Å²) >= 11 is 0. The van der Waals surface area contributed by atoms with Crippen molar-refractivity contribution in [2.24, 2.45) is 5.73 Å². The summed E-state index contributed by atoms with van der Waals surface area (Å²) in [5.41, 5.74) is 5.96. The van der Waals surface area contributed by atoms with Gasteiger partial charge in [-0.05, 0) is 45.7 Å². The fraction of sp³-hybridized carbons (Fsp3) is 0.933. The molecule has 1 saturated heterocycles. The fourth-order valence-electron chi connectivity index (χ4n) is 2.56. The molecule has 0 saturated carbocycles. The van der Waals surface area contributed by atoms with E-state index in [0.717, 1.165) is 25.9 Å². The summed E-state index contributed by atoms with van der Waals surface area (Å²) in [6.07, 6.45) is 6.79. The maximum absolute atomic E-state index is 12.2. The first-order chi connectivity index (χ1) is 9.02. The summed E-state index contributed by atoms with van der Waals surface area (Å²) in [6.45, 7) is 8.84. The Balaban J connectivity index is 2.43. The smallest absolute Gasteiger partial charge is 0.237 e. The molecule has 3 N–H and O–H groups in total. The number of nitrogens with one attached hydrogen (secondary N) is 1. The zero-order valence-electron chi connectivity index (χ0n) is 12.9. The quantitative estimate of drug-likeness (QED) is 0.774. The third-order valence-corrected chi connectivity index (χ3v) is 4.59. The Morgan fingerprint density at radius 1 is 1.21 bits per heavy atom. The van der Waals surface area contributed by atoms with E-state index in [9.17, 15) is 4.79 Å². The van der Waals surface area contributed by atoms with Crippen molar-refractivity contribution in [2.45, 2.75) is 70.9 Å². The highest BCUT2D eigenvalue weighted by Gasteiger charge is 2.25. The van der Waals surface area contributed by atoms with Crippen molar-refractivity contribution in [3.63, 3.8) is 0 Å². The van der Waals surface area contributed by atoms with Crippen LogP contribution < -0.4 is 11.1 Å². The normalized spacial score (nSPS) is 19.8. The van der Waals surface area contributed by atoms with Crippen LogP contribution in [0.15, 0.2) is 0 Å². The molecular formula is C15H31N3O. The largest absolute Gasteiger partial charge is 0.353 e. The molecule has 4 nitrogen and oxygen atoms in total. The van der Waals surface area contributed by atoms with Crippen LogP contribution in [-0.4, -0.2) is 42.0 Å². The second-order valence-corrected chi connectivity index (χ2v) is 5.91. The zero-order valence-corrected chi connectivity index (χ0v) is 12.9. The number of amides is 1. The first kappa shape index (κ1) is 16.4. The summed E-state index contributed by atoms with van der Waals surface area (Å²) in [5.74, 6) is 0.124. The topological polar surface area (TPSA) is 58.4 Å². The molecule has 1 unspecified atom stereocenters. The maximum Gasteiger partial charge on any atom is 0.237 e. The van der Waals surface area contributed by atoms with Crippen molar-refractivity contribution in [3.05, 3.63) is 0 Å². The molecule has 1 aliphatic heterocycles. The molecule has 0 aromatic carbocycles. The van der Waals surface area contributed by atoms with E-state index in [-0.39, 0.29) is 17.5 Å². The molecule has 19 heavy (non-hydrogen) atoms. The Bertz CT molecular complexity index is 269. The van der Waals surface area contributed by atoms with Crippen molar-refractivity contribution >= 4 is 5.91 Å². The highest BCUT2D eigenvalue weighted by atomic mass is 16.2. The van der Waals surface area contributed by atoms with Gasteiger partial charge < -0.3 is 11.1 Å². The third-order valence-electron chi connectivity index (χ3n) is 4.59. The Labute approximate surface area is 118 Å². The molecule has 0 bridgehead atoms. The van der Waals surface area contributed by atoms with Gasteiger partial charge in [0.25, 0.3) is 0 Å². The lowest BCUT2D eigenvalue weighted by atomic mass is 9.94. The standard InChI is InChI=1S/C15H31N3O/c1-4-15(16,5-2)12-17-14(19)13(3)18-10-8-6-7-9-11-18/h13H,4-12,16H2,1-3H3,(H,17,19). The van der Waals surface area contributed by atoms with Gasteiger partial charge in [0, 0.05) is 12.1 Å². The molecule has 0 aromatic rings. The molecule has 1 amide bonds. The number of likely N-dealkylation sites (tertiary alicyclic amines) is 1. The molecule has 112 valence electrons. The first-order valence-corrected chi connectivity index (χ1v) is 7.83. The molecule has 1 rings (SSSR count). The average Bonchev–Trinajstić information content (AvgIpc) is 2.72. The van der Waals surface area contributed by atoms with E-state index in [1.54, 1.807) is 0 Å². The molecule has 0 aliphatic carbocycles. The van der Waals surface area contributed by atoms with Crippen molar-refractivity contribution < 1.29 is 4.79 Å². The van der Waals surface area contributed by atoms with E-state index in [2.05, 4.69) is 24.1 Å². The van der Waals surface area contributed by atoms with Crippen LogP contribution in [0.3, 0.4) is 0 Å². The van der Waals surface area contributed by atoms with Gasteiger partial charge in [-0.3, -0.25) is 9.69 Å². The number of carbonyl (C=O) groups excluding carboxylic acids is 1. The minimum absolute atomic E-state index is 0.0314. The molecule has 0 aromatic heterocycles. The molecule has 1 aliphatic rings. The van der Waals surface area contributed by atoms with Gasteiger partial charge in [0.15, 0.2) is 0 Å². The number of nitrogens with two attached hydrogens (primary N) is 1. The van der Waals surface area contributed by atoms with Crippen LogP contribution in [0.5, 0.6) is 0 Å². The maximum atomic E-state index is 12.2. The second kappa shape index (κ2) is 7.85. The van der Waals surface area contributed by atoms with Gasteiger partial charge >= 0.3 is 0 Å². The molecule has 1 fully saturated rings. The lowest BCUT2D eigenvalue weighted by Crippen LogP contribution is -2.53. The van der Waals surface area contributed by atoms with Crippen molar-refractivity contribution in [3.8, 4) is 0 Å². The van der Waals surface area contributed by atoms with Crippen molar-refractivity contribution in [2.75, 3.05) is 19.6 Å². The van der Waals surface area contributed by atoms with Crippen molar-refractivity contribution in [1.82, 2.24) is 10.2 Å².